The zero-order chi connectivity index (χ0) is 17.2. The normalized spacial score (nSPS) is 14.8. The van der Waals surface area contributed by atoms with Crippen LogP contribution in [0.5, 0.6) is 0 Å². The van der Waals surface area contributed by atoms with Crippen molar-refractivity contribution in [1.82, 2.24) is 14.5 Å². The number of morpholine rings is 1. The second-order valence-corrected chi connectivity index (χ2v) is 6.06. The largest absolute Gasteiger partial charge is 0.378 e. The molecule has 6 heteroatoms. The number of hydrogen-bond donors (Lipinski definition) is 0. The second kappa shape index (κ2) is 6.64. The number of carbonyl (C=O) groups excluding carboxylic acids is 1. The number of ether oxygens (including phenoxy) is 1. The van der Waals surface area contributed by atoms with E-state index >= 15 is 0 Å². The van der Waals surface area contributed by atoms with Crippen LogP contribution in [0.3, 0.4) is 0 Å². The molecule has 0 unspecified atom stereocenters. The SMILES string of the molecule is O=C(Cn1cccc2cc(-c3ccc(F)cc3)nc1-2)N1CCOCC1. The van der Waals surface area contributed by atoms with Gasteiger partial charge in [0.2, 0.25) is 5.91 Å². The first-order chi connectivity index (χ1) is 12.2. The zero-order valence-electron chi connectivity index (χ0n) is 13.7. The molecule has 25 heavy (non-hydrogen) atoms. The third-order valence-electron chi connectivity index (χ3n) is 4.40. The highest BCUT2D eigenvalue weighted by Crippen LogP contribution is 2.28. The Morgan fingerprint density at radius 3 is 2.64 bits per heavy atom. The lowest BCUT2D eigenvalue weighted by Gasteiger charge is -2.27. The van der Waals surface area contributed by atoms with Gasteiger partial charge in [-0.25, -0.2) is 9.37 Å². The molecule has 0 aromatic heterocycles. The Hall–Kier alpha value is -2.73. The summed E-state index contributed by atoms with van der Waals surface area (Å²) >= 11 is 0. The lowest BCUT2D eigenvalue weighted by atomic mass is 10.1. The Kier molecular flexibility index (Phi) is 4.19. The lowest BCUT2D eigenvalue weighted by molar-refractivity contribution is -0.135. The number of pyridine rings is 1. The summed E-state index contributed by atoms with van der Waals surface area (Å²) in [5, 5.41) is 0. The van der Waals surface area contributed by atoms with Crippen LogP contribution in [0.25, 0.3) is 22.6 Å². The van der Waals surface area contributed by atoms with Crippen LogP contribution in [0.15, 0.2) is 48.7 Å². The highest BCUT2D eigenvalue weighted by atomic mass is 19.1. The molecule has 1 amide bonds. The Labute approximate surface area is 145 Å². The number of amides is 1. The van der Waals surface area contributed by atoms with E-state index in [4.69, 9.17) is 4.74 Å². The number of rotatable bonds is 3. The summed E-state index contributed by atoms with van der Waals surface area (Å²) in [5.41, 5.74) is 2.58. The van der Waals surface area contributed by atoms with Gasteiger partial charge in [-0.05, 0) is 42.5 Å². The van der Waals surface area contributed by atoms with Crippen LogP contribution >= 0.6 is 0 Å². The topological polar surface area (TPSA) is 47.4 Å². The third-order valence-corrected chi connectivity index (χ3v) is 4.40. The minimum absolute atomic E-state index is 0.0622. The van der Waals surface area contributed by atoms with E-state index in [1.165, 1.54) is 12.1 Å². The maximum Gasteiger partial charge on any atom is 0.242 e. The predicted octanol–water partition coefficient (Wildman–Crippen LogP) is 2.65. The molecule has 5 nitrogen and oxygen atoms in total. The molecule has 0 radical (unpaired) electrons. The molecule has 3 aliphatic rings. The number of fused-ring (bicyclic) bond motifs is 1. The Balaban J connectivity index is 1.61. The molecule has 0 bridgehead atoms. The molecule has 1 saturated heterocycles. The summed E-state index contributed by atoms with van der Waals surface area (Å²) in [7, 11) is 0. The van der Waals surface area contributed by atoms with Crippen molar-refractivity contribution in [1.29, 1.82) is 0 Å². The second-order valence-electron chi connectivity index (χ2n) is 6.06. The van der Waals surface area contributed by atoms with Crippen molar-refractivity contribution < 1.29 is 13.9 Å². The van der Waals surface area contributed by atoms with Crippen LogP contribution in [0.1, 0.15) is 0 Å². The average molecular weight is 339 g/mol. The van der Waals surface area contributed by atoms with E-state index in [1.54, 1.807) is 12.1 Å². The minimum atomic E-state index is -0.272. The van der Waals surface area contributed by atoms with Gasteiger partial charge in [0.15, 0.2) is 0 Å². The van der Waals surface area contributed by atoms with Gasteiger partial charge in [0, 0.05) is 30.4 Å². The van der Waals surface area contributed by atoms with E-state index in [9.17, 15) is 9.18 Å². The third kappa shape index (κ3) is 3.25. The highest BCUT2D eigenvalue weighted by Gasteiger charge is 2.19. The molecule has 1 aromatic carbocycles. The van der Waals surface area contributed by atoms with Gasteiger partial charge in [0.25, 0.3) is 0 Å². The van der Waals surface area contributed by atoms with Gasteiger partial charge in [0.05, 0.1) is 18.9 Å². The van der Waals surface area contributed by atoms with Crippen molar-refractivity contribution >= 4 is 5.91 Å². The summed E-state index contributed by atoms with van der Waals surface area (Å²) < 4.78 is 20.3. The minimum Gasteiger partial charge on any atom is -0.378 e. The zero-order valence-corrected chi connectivity index (χ0v) is 13.7. The monoisotopic (exact) mass is 339 g/mol. The first-order valence-corrected chi connectivity index (χ1v) is 8.28. The number of carbonyl (C=O) groups is 1. The van der Waals surface area contributed by atoms with Crippen LogP contribution < -0.4 is 0 Å². The van der Waals surface area contributed by atoms with Crippen LogP contribution in [0.2, 0.25) is 0 Å². The van der Waals surface area contributed by atoms with Crippen LogP contribution in [0, 0.1) is 5.82 Å². The predicted molar refractivity (Wildman–Crippen MR) is 91.6 cm³/mol. The maximum absolute atomic E-state index is 13.1. The molecule has 0 spiro atoms. The summed E-state index contributed by atoms with van der Waals surface area (Å²) in [6.45, 7) is 2.68. The van der Waals surface area contributed by atoms with E-state index in [-0.39, 0.29) is 18.3 Å². The molecule has 3 aliphatic heterocycles. The molecule has 128 valence electrons. The quantitative estimate of drug-likeness (QED) is 0.737. The van der Waals surface area contributed by atoms with E-state index in [2.05, 4.69) is 4.98 Å². The van der Waals surface area contributed by atoms with Gasteiger partial charge in [-0.15, -0.1) is 0 Å². The Morgan fingerprint density at radius 2 is 1.88 bits per heavy atom. The summed E-state index contributed by atoms with van der Waals surface area (Å²) in [5.74, 6) is 0.543. The van der Waals surface area contributed by atoms with Crippen molar-refractivity contribution in [2.45, 2.75) is 6.54 Å². The van der Waals surface area contributed by atoms with Gasteiger partial charge < -0.3 is 14.2 Å². The Morgan fingerprint density at radius 1 is 1.12 bits per heavy atom. The van der Waals surface area contributed by atoms with Gasteiger partial charge in [-0.1, -0.05) is 0 Å². The molecule has 1 aromatic rings. The molecule has 0 aliphatic carbocycles. The highest BCUT2D eigenvalue weighted by molar-refractivity contribution is 5.78. The fraction of sp³-hybridized carbons (Fsp3) is 0.263. The average Bonchev–Trinajstić information content (AvgIpc) is 3.08. The Bertz CT molecular complexity index is 854. The van der Waals surface area contributed by atoms with E-state index in [0.717, 1.165) is 22.6 Å². The number of aromatic nitrogens is 2. The molecular weight excluding hydrogens is 321 g/mol. The molecule has 0 atom stereocenters. The van der Waals surface area contributed by atoms with Crippen molar-refractivity contribution in [2.24, 2.45) is 0 Å². The summed E-state index contributed by atoms with van der Waals surface area (Å²) in [4.78, 5) is 19.0. The first kappa shape index (κ1) is 15.8. The lowest BCUT2D eigenvalue weighted by Crippen LogP contribution is -2.42. The van der Waals surface area contributed by atoms with Gasteiger partial charge >= 0.3 is 0 Å². The van der Waals surface area contributed by atoms with Crippen LogP contribution in [0.4, 0.5) is 4.39 Å². The summed E-state index contributed by atoms with van der Waals surface area (Å²) in [6, 6.07) is 12.1. The standard InChI is InChI=1S/C19H18FN3O2/c20-16-5-3-14(4-6-16)17-12-15-2-1-7-23(19(15)21-17)13-18(24)22-8-10-25-11-9-22/h1-7,12H,8-11,13H2. The molecule has 4 rings (SSSR count). The molecule has 3 heterocycles. The maximum atomic E-state index is 13.1. The van der Waals surface area contributed by atoms with Crippen molar-refractivity contribution in [2.75, 3.05) is 26.3 Å². The van der Waals surface area contributed by atoms with Gasteiger partial charge in [-0.2, -0.15) is 0 Å². The smallest absolute Gasteiger partial charge is 0.242 e. The van der Waals surface area contributed by atoms with E-state index in [1.807, 2.05) is 33.9 Å². The van der Waals surface area contributed by atoms with E-state index < -0.39 is 0 Å². The van der Waals surface area contributed by atoms with Crippen molar-refractivity contribution in [3.05, 3.63) is 54.5 Å². The first-order valence-electron chi connectivity index (χ1n) is 8.28. The fourth-order valence-corrected chi connectivity index (χ4v) is 3.05. The molecule has 0 N–H and O–H groups in total. The van der Waals surface area contributed by atoms with Crippen molar-refractivity contribution in [3.63, 3.8) is 0 Å². The molecule has 0 saturated carbocycles. The molecule has 1 fully saturated rings. The van der Waals surface area contributed by atoms with Crippen LogP contribution in [-0.2, 0) is 16.1 Å². The fourth-order valence-electron chi connectivity index (χ4n) is 3.05. The number of hydrogen-bond acceptors (Lipinski definition) is 3. The van der Waals surface area contributed by atoms with E-state index in [0.29, 0.717) is 26.3 Å². The van der Waals surface area contributed by atoms with Crippen molar-refractivity contribution in [3.8, 4) is 22.6 Å². The number of halogens is 1. The molecular formula is C19H18FN3O2. The van der Waals surface area contributed by atoms with Gasteiger partial charge in [0.1, 0.15) is 18.2 Å². The number of benzene rings is 1. The summed E-state index contributed by atoms with van der Waals surface area (Å²) in [6.07, 6.45) is 1.86. The van der Waals surface area contributed by atoms with Crippen LogP contribution in [-0.4, -0.2) is 46.7 Å². The number of nitrogens with zero attached hydrogens (tertiary/aromatic N) is 3. The van der Waals surface area contributed by atoms with Gasteiger partial charge in [-0.3, -0.25) is 4.79 Å².